The van der Waals surface area contributed by atoms with Gasteiger partial charge in [-0.05, 0) is 43.7 Å². The number of rotatable bonds is 7. The average molecular weight is 399 g/mol. The molecule has 1 rings (SSSR count). The lowest BCUT2D eigenvalue weighted by Crippen LogP contribution is -2.35. The fraction of sp³-hybridized carbons (Fsp3) is 0.650. The number of benzene rings is 1. The van der Waals surface area contributed by atoms with Gasteiger partial charge in [0.05, 0.1) is 19.1 Å². The molecular weight excluding hydrogens is 368 g/mol. The molecule has 0 saturated carbocycles. The number of esters is 1. The fourth-order valence-corrected chi connectivity index (χ4v) is 2.64. The van der Waals surface area contributed by atoms with Crippen molar-refractivity contribution in [3.63, 3.8) is 0 Å². The third-order valence-corrected chi connectivity index (χ3v) is 4.27. The van der Waals surface area contributed by atoms with Gasteiger partial charge in [0, 0.05) is 5.33 Å². The molecule has 0 aliphatic carbocycles. The Balaban J connectivity index is 2.55. The van der Waals surface area contributed by atoms with Gasteiger partial charge in [0.15, 0.2) is 0 Å². The van der Waals surface area contributed by atoms with E-state index in [1.165, 1.54) is 11.1 Å². The predicted molar refractivity (Wildman–Crippen MR) is 102 cm³/mol. The monoisotopic (exact) mass is 398 g/mol. The fourth-order valence-electron chi connectivity index (χ4n) is 2.26. The maximum atomic E-state index is 12.1. The Hall–Kier alpha value is -0.870. The first-order chi connectivity index (χ1) is 11.0. The van der Waals surface area contributed by atoms with Gasteiger partial charge in [0.25, 0.3) is 0 Å². The Bertz CT molecular complexity index is 509. The molecule has 0 heterocycles. The van der Waals surface area contributed by atoms with Crippen molar-refractivity contribution in [3.8, 4) is 0 Å². The van der Waals surface area contributed by atoms with Crippen LogP contribution in [0.15, 0.2) is 24.3 Å². The molecule has 0 saturated heterocycles. The molecule has 3 nitrogen and oxygen atoms in total. The summed E-state index contributed by atoms with van der Waals surface area (Å²) in [4.78, 5) is 12.1. The van der Waals surface area contributed by atoms with Gasteiger partial charge < -0.3 is 9.47 Å². The van der Waals surface area contributed by atoms with E-state index in [4.69, 9.17) is 9.47 Å². The zero-order chi connectivity index (χ0) is 18.4. The molecule has 4 heteroatoms. The average Bonchev–Trinajstić information content (AvgIpc) is 2.44. The number of carbonyl (C=O) groups is 1. The molecule has 1 atom stereocenters. The van der Waals surface area contributed by atoms with Gasteiger partial charge in [-0.15, -0.1) is 0 Å². The Kier molecular flexibility index (Phi) is 7.94. The second-order valence-corrected chi connectivity index (χ2v) is 8.78. The van der Waals surface area contributed by atoms with E-state index in [1.54, 1.807) is 0 Å². The van der Waals surface area contributed by atoms with E-state index in [0.717, 1.165) is 11.8 Å². The van der Waals surface area contributed by atoms with Gasteiger partial charge in [0.2, 0.25) is 0 Å². The molecule has 1 unspecified atom stereocenters. The second kappa shape index (κ2) is 9.00. The largest absolute Gasteiger partial charge is 0.460 e. The lowest BCUT2D eigenvalue weighted by Gasteiger charge is -2.31. The Morgan fingerprint density at radius 3 is 2.04 bits per heavy atom. The summed E-state index contributed by atoms with van der Waals surface area (Å²) < 4.78 is 11.5. The summed E-state index contributed by atoms with van der Waals surface area (Å²) in [7, 11) is 0. The van der Waals surface area contributed by atoms with Gasteiger partial charge in [-0.1, -0.05) is 61.0 Å². The van der Waals surface area contributed by atoms with Crippen LogP contribution in [0, 0.1) is 5.41 Å². The van der Waals surface area contributed by atoms with Crippen LogP contribution in [0.2, 0.25) is 0 Å². The van der Waals surface area contributed by atoms with Gasteiger partial charge in [-0.25, -0.2) is 0 Å². The standard InChI is InChI=1S/C20H31BrO3/c1-19(2,3)17(13-18(22)24-20(4,5)6)23-12-11-15-7-9-16(14-21)10-8-15/h7-10,17H,11-14H2,1-6H3. The molecule has 0 N–H and O–H groups in total. The van der Waals surface area contributed by atoms with Crippen LogP contribution in [-0.4, -0.2) is 24.3 Å². The van der Waals surface area contributed by atoms with Gasteiger partial charge in [-0.2, -0.15) is 0 Å². The van der Waals surface area contributed by atoms with Crippen molar-refractivity contribution < 1.29 is 14.3 Å². The van der Waals surface area contributed by atoms with E-state index in [9.17, 15) is 4.79 Å². The maximum Gasteiger partial charge on any atom is 0.308 e. The SMILES string of the molecule is CC(C)(C)OC(=O)CC(OCCc1ccc(CBr)cc1)C(C)(C)C. The minimum atomic E-state index is -0.462. The summed E-state index contributed by atoms with van der Waals surface area (Å²) in [5.74, 6) is -0.205. The molecule has 0 aromatic heterocycles. The van der Waals surface area contributed by atoms with Crippen LogP contribution in [0.4, 0.5) is 0 Å². The third-order valence-electron chi connectivity index (χ3n) is 3.63. The number of carbonyl (C=O) groups excluding carboxylic acids is 1. The lowest BCUT2D eigenvalue weighted by atomic mass is 9.87. The van der Waals surface area contributed by atoms with Crippen molar-refractivity contribution in [2.45, 2.75) is 71.4 Å². The first-order valence-corrected chi connectivity index (χ1v) is 9.60. The Labute approximate surface area is 155 Å². The van der Waals surface area contributed by atoms with Crippen LogP contribution >= 0.6 is 15.9 Å². The van der Waals surface area contributed by atoms with E-state index < -0.39 is 5.60 Å². The van der Waals surface area contributed by atoms with Gasteiger partial charge in [0.1, 0.15) is 5.60 Å². The van der Waals surface area contributed by atoms with Crippen LogP contribution in [-0.2, 0) is 26.0 Å². The van der Waals surface area contributed by atoms with Gasteiger partial charge in [-0.3, -0.25) is 4.79 Å². The number of halogens is 1. The molecule has 0 amide bonds. The maximum absolute atomic E-state index is 12.1. The number of hydrogen-bond acceptors (Lipinski definition) is 3. The normalized spacial score (nSPS) is 13.6. The van der Waals surface area contributed by atoms with Crippen molar-refractivity contribution >= 4 is 21.9 Å². The van der Waals surface area contributed by atoms with E-state index in [0.29, 0.717) is 6.61 Å². The summed E-state index contributed by atoms with van der Waals surface area (Å²) >= 11 is 3.45. The van der Waals surface area contributed by atoms with Crippen LogP contribution in [0.5, 0.6) is 0 Å². The van der Waals surface area contributed by atoms with Crippen molar-refractivity contribution in [2.24, 2.45) is 5.41 Å². The van der Waals surface area contributed by atoms with E-state index in [-0.39, 0.29) is 23.9 Å². The molecule has 0 spiro atoms. The highest BCUT2D eigenvalue weighted by molar-refractivity contribution is 9.08. The van der Waals surface area contributed by atoms with Crippen molar-refractivity contribution in [2.75, 3.05) is 6.61 Å². The summed E-state index contributed by atoms with van der Waals surface area (Å²) in [5, 5.41) is 0.867. The minimum Gasteiger partial charge on any atom is -0.460 e. The zero-order valence-electron chi connectivity index (χ0n) is 15.8. The molecular formula is C20H31BrO3. The molecule has 0 fully saturated rings. The molecule has 0 aliphatic rings. The van der Waals surface area contributed by atoms with Gasteiger partial charge >= 0.3 is 5.97 Å². The number of hydrogen-bond donors (Lipinski definition) is 0. The smallest absolute Gasteiger partial charge is 0.308 e. The molecule has 0 bridgehead atoms. The second-order valence-electron chi connectivity index (χ2n) is 8.22. The summed E-state index contributed by atoms with van der Waals surface area (Å²) in [5.41, 5.74) is 1.93. The van der Waals surface area contributed by atoms with Crippen LogP contribution in [0.25, 0.3) is 0 Å². The Morgan fingerprint density at radius 2 is 1.58 bits per heavy atom. The highest BCUT2D eigenvalue weighted by atomic mass is 79.9. The molecule has 1 aromatic carbocycles. The first kappa shape index (κ1) is 21.2. The third kappa shape index (κ3) is 8.29. The van der Waals surface area contributed by atoms with Crippen molar-refractivity contribution in [1.29, 1.82) is 0 Å². The van der Waals surface area contributed by atoms with E-state index in [2.05, 4.69) is 61.0 Å². The zero-order valence-corrected chi connectivity index (χ0v) is 17.4. The molecule has 0 radical (unpaired) electrons. The van der Waals surface area contributed by atoms with E-state index in [1.807, 2.05) is 20.8 Å². The molecule has 1 aromatic rings. The highest BCUT2D eigenvalue weighted by Crippen LogP contribution is 2.26. The van der Waals surface area contributed by atoms with E-state index >= 15 is 0 Å². The highest BCUT2D eigenvalue weighted by Gasteiger charge is 2.30. The molecule has 24 heavy (non-hydrogen) atoms. The first-order valence-electron chi connectivity index (χ1n) is 8.48. The summed E-state index contributed by atoms with van der Waals surface area (Å²) in [6, 6.07) is 8.48. The minimum absolute atomic E-state index is 0.114. The quantitative estimate of drug-likeness (QED) is 0.462. The van der Waals surface area contributed by atoms with Crippen LogP contribution in [0.3, 0.4) is 0 Å². The summed E-state index contributed by atoms with van der Waals surface area (Å²) in [6.07, 6.45) is 0.960. The topological polar surface area (TPSA) is 35.5 Å². The molecule has 0 aliphatic heterocycles. The summed E-state index contributed by atoms with van der Waals surface area (Å²) in [6.45, 7) is 12.5. The molecule has 136 valence electrons. The van der Waals surface area contributed by atoms with Crippen molar-refractivity contribution in [3.05, 3.63) is 35.4 Å². The lowest BCUT2D eigenvalue weighted by molar-refractivity contribution is -0.160. The van der Waals surface area contributed by atoms with Crippen LogP contribution in [0.1, 0.15) is 59.1 Å². The van der Waals surface area contributed by atoms with Crippen LogP contribution < -0.4 is 0 Å². The Morgan fingerprint density at radius 1 is 1.04 bits per heavy atom. The predicted octanol–water partition coefficient (Wildman–Crippen LogP) is 5.29. The van der Waals surface area contributed by atoms with Crippen molar-refractivity contribution in [1.82, 2.24) is 0 Å². The number of ether oxygens (including phenoxy) is 2. The number of alkyl halides is 1.